The second kappa shape index (κ2) is 6.30. The van der Waals surface area contributed by atoms with Crippen molar-refractivity contribution < 1.29 is 19.5 Å². The van der Waals surface area contributed by atoms with E-state index in [1.165, 1.54) is 6.92 Å². The number of aliphatic hydroxyl groups excluding tert-OH is 1. The Bertz CT molecular complexity index is 193. The minimum absolute atomic E-state index is 0.142. The highest BCUT2D eigenvalue weighted by atomic mass is 16.3. The van der Waals surface area contributed by atoms with Crippen LogP contribution in [0.2, 0.25) is 0 Å². The molecule has 0 fully saturated rings. The van der Waals surface area contributed by atoms with E-state index in [1.807, 2.05) is 0 Å². The van der Waals surface area contributed by atoms with Gasteiger partial charge in [0.1, 0.15) is 12.6 Å². The maximum Gasteiger partial charge on any atom is 0.217 e. The lowest BCUT2D eigenvalue weighted by atomic mass is 10.0. The van der Waals surface area contributed by atoms with E-state index in [1.54, 1.807) is 0 Å². The summed E-state index contributed by atoms with van der Waals surface area (Å²) in [4.78, 5) is 31.2. The summed E-state index contributed by atoms with van der Waals surface area (Å²) in [5.74, 6) is -0.929. The summed E-state index contributed by atoms with van der Waals surface area (Å²) < 4.78 is 0. The van der Waals surface area contributed by atoms with Crippen LogP contribution in [-0.4, -0.2) is 36.2 Å². The summed E-state index contributed by atoms with van der Waals surface area (Å²) >= 11 is 0. The lowest BCUT2D eigenvalue weighted by molar-refractivity contribution is -0.123. The molecule has 13 heavy (non-hydrogen) atoms. The van der Waals surface area contributed by atoms with Gasteiger partial charge in [-0.1, -0.05) is 0 Å². The Balaban J connectivity index is 4.02. The van der Waals surface area contributed by atoms with Gasteiger partial charge in [-0.2, -0.15) is 0 Å². The van der Waals surface area contributed by atoms with Crippen molar-refractivity contribution in [2.45, 2.75) is 19.4 Å². The predicted molar refractivity (Wildman–Crippen MR) is 44.9 cm³/mol. The van der Waals surface area contributed by atoms with E-state index in [2.05, 4.69) is 5.32 Å². The molecule has 0 aromatic carbocycles. The van der Waals surface area contributed by atoms with Crippen molar-refractivity contribution in [3.63, 3.8) is 0 Å². The molecule has 1 amide bonds. The first-order valence-corrected chi connectivity index (χ1v) is 3.92. The van der Waals surface area contributed by atoms with Gasteiger partial charge in [0.2, 0.25) is 5.91 Å². The molecular weight excluding hydrogens is 174 g/mol. The molecule has 2 N–H and O–H groups in total. The smallest absolute Gasteiger partial charge is 0.217 e. The van der Waals surface area contributed by atoms with E-state index >= 15 is 0 Å². The minimum Gasteiger partial charge on any atom is -0.396 e. The molecule has 0 heterocycles. The summed E-state index contributed by atoms with van der Waals surface area (Å²) in [7, 11) is 0. The molecule has 0 rings (SSSR count). The Hall–Kier alpha value is -1.23. The number of carbonyl (C=O) groups excluding carboxylic acids is 3. The second-order valence-electron chi connectivity index (χ2n) is 2.76. The molecule has 0 spiro atoms. The third-order valence-electron chi connectivity index (χ3n) is 1.54. The lowest BCUT2D eigenvalue weighted by Gasteiger charge is -2.13. The number of rotatable bonds is 6. The fourth-order valence-electron chi connectivity index (χ4n) is 0.909. The molecule has 0 aromatic rings. The number of amides is 1. The summed E-state index contributed by atoms with van der Waals surface area (Å²) in [6.45, 7) is 0.971. The van der Waals surface area contributed by atoms with Crippen molar-refractivity contribution in [3.8, 4) is 0 Å². The number of hydrogen-bond acceptors (Lipinski definition) is 4. The molecule has 0 aromatic heterocycles. The maximum atomic E-state index is 10.6. The van der Waals surface area contributed by atoms with E-state index in [-0.39, 0.29) is 18.9 Å². The average molecular weight is 187 g/mol. The monoisotopic (exact) mass is 187 g/mol. The topological polar surface area (TPSA) is 83.5 Å². The van der Waals surface area contributed by atoms with Gasteiger partial charge in [0.05, 0.1) is 12.6 Å². The molecular formula is C8H13NO4. The first-order chi connectivity index (χ1) is 6.13. The Morgan fingerprint density at radius 2 is 2.08 bits per heavy atom. The van der Waals surface area contributed by atoms with Crippen molar-refractivity contribution >= 4 is 18.5 Å². The van der Waals surface area contributed by atoms with Gasteiger partial charge in [0.15, 0.2) is 0 Å². The third kappa shape index (κ3) is 5.08. The van der Waals surface area contributed by atoms with E-state index in [9.17, 15) is 14.4 Å². The SMILES string of the molecule is CC(=O)N[C@@H](C=O)C[C@@H](C=O)CO. The van der Waals surface area contributed by atoms with Crippen molar-refractivity contribution in [1.29, 1.82) is 0 Å². The Labute approximate surface area is 76.1 Å². The molecule has 5 heteroatoms. The Morgan fingerprint density at radius 3 is 2.38 bits per heavy atom. The van der Waals surface area contributed by atoms with Crippen LogP contribution in [0.5, 0.6) is 0 Å². The van der Waals surface area contributed by atoms with Crippen LogP contribution < -0.4 is 5.32 Å². The fraction of sp³-hybridized carbons (Fsp3) is 0.625. The van der Waals surface area contributed by atoms with E-state index in [0.717, 1.165) is 0 Å². The molecule has 0 unspecified atom stereocenters. The molecule has 0 aliphatic heterocycles. The zero-order valence-corrected chi connectivity index (χ0v) is 7.40. The molecule has 0 saturated carbocycles. The highest BCUT2D eigenvalue weighted by molar-refractivity contribution is 5.77. The second-order valence-corrected chi connectivity index (χ2v) is 2.76. The summed E-state index contributed by atoms with van der Waals surface area (Å²) in [6.07, 6.45) is 1.26. The molecule has 0 radical (unpaired) electrons. The fourth-order valence-corrected chi connectivity index (χ4v) is 0.909. The number of nitrogens with one attached hydrogen (secondary N) is 1. The quantitative estimate of drug-likeness (QED) is 0.516. The van der Waals surface area contributed by atoms with Crippen molar-refractivity contribution in [2.75, 3.05) is 6.61 Å². The normalized spacial score (nSPS) is 14.3. The van der Waals surface area contributed by atoms with E-state index in [0.29, 0.717) is 12.6 Å². The Kier molecular flexibility index (Phi) is 5.71. The van der Waals surface area contributed by atoms with Gasteiger partial charge >= 0.3 is 0 Å². The van der Waals surface area contributed by atoms with Crippen LogP contribution in [0, 0.1) is 5.92 Å². The number of aldehydes is 2. The van der Waals surface area contributed by atoms with Crippen LogP contribution in [0.25, 0.3) is 0 Å². The molecule has 0 aliphatic rings. The van der Waals surface area contributed by atoms with Gasteiger partial charge in [-0.05, 0) is 6.42 Å². The van der Waals surface area contributed by atoms with Crippen molar-refractivity contribution in [1.82, 2.24) is 5.32 Å². The molecule has 0 aliphatic carbocycles. The van der Waals surface area contributed by atoms with Gasteiger partial charge in [-0.15, -0.1) is 0 Å². The maximum absolute atomic E-state index is 10.6. The number of aliphatic hydroxyl groups is 1. The number of hydrogen-bond donors (Lipinski definition) is 2. The predicted octanol–water partition coefficient (Wildman–Crippen LogP) is -1.11. The van der Waals surface area contributed by atoms with Crippen LogP contribution >= 0.6 is 0 Å². The Morgan fingerprint density at radius 1 is 1.46 bits per heavy atom. The van der Waals surface area contributed by atoms with Gasteiger partial charge < -0.3 is 20.0 Å². The molecule has 5 nitrogen and oxygen atoms in total. The molecule has 0 saturated heterocycles. The highest BCUT2D eigenvalue weighted by Gasteiger charge is 2.15. The average Bonchev–Trinajstić information content (AvgIpc) is 2.11. The summed E-state index contributed by atoms with van der Waals surface area (Å²) in [6, 6.07) is -0.695. The molecule has 74 valence electrons. The van der Waals surface area contributed by atoms with Crippen LogP contribution in [0.15, 0.2) is 0 Å². The van der Waals surface area contributed by atoms with E-state index < -0.39 is 12.0 Å². The van der Waals surface area contributed by atoms with Crippen LogP contribution in [0.3, 0.4) is 0 Å². The van der Waals surface area contributed by atoms with Crippen molar-refractivity contribution in [2.24, 2.45) is 5.92 Å². The number of carbonyl (C=O) groups is 3. The van der Waals surface area contributed by atoms with Gasteiger partial charge in [0.25, 0.3) is 0 Å². The van der Waals surface area contributed by atoms with Crippen LogP contribution in [0.1, 0.15) is 13.3 Å². The summed E-state index contributed by atoms with van der Waals surface area (Å²) in [5.41, 5.74) is 0. The minimum atomic E-state index is -0.695. The van der Waals surface area contributed by atoms with Crippen molar-refractivity contribution in [3.05, 3.63) is 0 Å². The first-order valence-electron chi connectivity index (χ1n) is 3.92. The molecule has 2 atom stereocenters. The van der Waals surface area contributed by atoms with Gasteiger partial charge in [-0.25, -0.2) is 0 Å². The standard InChI is InChI=1S/C8H13NO4/c1-6(13)9-8(5-12)2-7(3-10)4-11/h3,5,7-8,11H,2,4H2,1H3,(H,9,13)/t7-,8+/m0/s1. The zero-order chi connectivity index (χ0) is 10.3. The first kappa shape index (κ1) is 11.8. The van der Waals surface area contributed by atoms with Gasteiger partial charge in [0, 0.05) is 12.8 Å². The van der Waals surface area contributed by atoms with E-state index in [4.69, 9.17) is 5.11 Å². The third-order valence-corrected chi connectivity index (χ3v) is 1.54. The molecule has 0 bridgehead atoms. The largest absolute Gasteiger partial charge is 0.396 e. The van der Waals surface area contributed by atoms with Gasteiger partial charge in [-0.3, -0.25) is 4.79 Å². The van der Waals surface area contributed by atoms with Crippen LogP contribution in [0.4, 0.5) is 0 Å². The highest BCUT2D eigenvalue weighted by Crippen LogP contribution is 2.01. The summed E-state index contributed by atoms with van der Waals surface area (Å²) in [5, 5.41) is 11.0. The lowest BCUT2D eigenvalue weighted by Crippen LogP contribution is -2.36. The zero-order valence-electron chi connectivity index (χ0n) is 7.40. The van der Waals surface area contributed by atoms with Crippen LogP contribution in [-0.2, 0) is 14.4 Å².